The van der Waals surface area contributed by atoms with Gasteiger partial charge in [0.25, 0.3) is 0 Å². The van der Waals surface area contributed by atoms with E-state index >= 15 is 0 Å². The van der Waals surface area contributed by atoms with E-state index in [0.717, 1.165) is 72.4 Å². The van der Waals surface area contributed by atoms with Gasteiger partial charge in [-0.15, -0.1) is 18.3 Å². The van der Waals surface area contributed by atoms with Gasteiger partial charge < -0.3 is 44.0 Å². The average Bonchev–Trinajstić information content (AvgIpc) is 3.79. The molecule has 2 fully saturated rings. The molecule has 11 nitrogen and oxygen atoms in total. The quantitative estimate of drug-likeness (QED) is 0.0405. The molecule has 6 rings (SSSR count). The first kappa shape index (κ1) is 48.1. The zero-order chi connectivity index (χ0) is 44.1. The van der Waals surface area contributed by atoms with Crippen LogP contribution >= 0.6 is 11.8 Å². The molecule has 342 valence electrons. The summed E-state index contributed by atoms with van der Waals surface area (Å²) >= 11 is 1.68. The molecule has 1 amide bonds. The molecule has 2 aromatic carbocycles. The van der Waals surface area contributed by atoms with Crippen molar-refractivity contribution in [3.05, 3.63) is 72.3 Å². The number of unbranched alkanes of at least 4 members (excludes halogenated alkanes) is 2. The number of thioether (sulfide) groups is 1. The van der Waals surface area contributed by atoms with Gasteiger partial charge in [-0.25, -0.2) is 0 Å². The van der Waals surface area contributed by atoms with E-state index in [0.29, 0.717) is 43.1 Å². The van der Waals surface area contributed by atoms with Crippen LogP contribution in [0, 0.1) is 23.7 Å². The van der Waals surface area contributed by atoms with Crippen molar-refractivity contribution in [1.29, 1.82) is 0 Å². The van der Waals surface area contributed by atoms with Crippen molar-refractivity contribution in [2.24, 2.45) is 28.8 Å². The summed E-state index contributed by atoms with van der Waals surface area (Å²) in [5.41, 5.74) is 2.17. The number of carbonyl (C=O) groups is 1. The third-order valence-electron chi connectivity index (χ3n) is 13.0. The molecule has 0 aromatic heterocycles. The summed E-state index contributed by atoms with van der Waals surface area (Å²) in [5, 5.41) is 34.5. The van der Waals surface area contributed by atoms with E-state index in [1.807, 2.05) is 49.9 Å². The highest BCUT2D eigenvalue weighted by Crippen LogP contribution is 2.62. The fourth-order valence-corrected chi connectivity index (χ4v) is 10.6. The Labute approximate surface area is 374 Å². The van der Waals surface area contributed by atoms with Crippen LogP contribution in [0.3, 0.4) is 0 Å². The highest BCUT2D eigenvalue weighted by molar-refractivity contribution is 7.98. The second-order valence-electron chi connectivity index (χ2n) is 18.4. The van der Waals surface area contributed by atoms with Crippen molar-refractivity contribution in [2.45, 2.75) is 132 Å². The maximum atomic E-state index is 14.9. The van der Waals surface area contributed by atoms with Gasteiger partial charge in [-0.05, 0) is 125 Å². The maximum Gasteiger partial charge on any atom is 0.239 e. The summed E-state index contributed by atoms with van der Waals surface area (Å²) in [4.78, 5) is 24.3. The first-order chi connectivity index (χ1) is 30.0. The number of amides is 1. The minimum Gasteiger partial charge on any atom is -0.459 e. The Morgan fingerprint density at radius 2 is 1.69 bits per heavy atom. The van der Waals surface area contributed by atoms with Gasteiger partial charge in [0.15, 0.2) is 0 Å². The maximum absolute atomic E-state index is 14.9. The Morgan fingerprint density at radius 1 is 0.968 bits per heavy atom. The van der Waals surface area contributed by atoms with E-state index in [4.69, 9.17) is 28.9 Å². The summed E-state index contributed by atoms with van der Waals surface area (Å²) in [6, 6.07) is 13.5. The smallest absolute Gasteiger partial charge is 0.239 e. The number of fused-ring (bicyclic) bond motifs is 2. The molecule has 2 saturated carbocycles. The molecule has 4 aliphatic rings. The first-order valence-corrected chi connectivity index (χ1v) is 24.3. The molecule has 62 heavy (non-hydrogen) atoms. The Hall–Kier alpha value is -3.39. The number of oxime groups is 1. The topological polar surface area (TPSA) is 140 Å². The minimum absolute atomic E-state index is 0.0129. The summed E-state index contributed by atoms with van der Waals surface area (Å²) in [6.07, 6.45) is 17.1. The molecule has 3 aliphatic carbocycles. The standard InChI is InChI=1S/C50H72N2O9S/c1-6-29-58-50-45(52(25-30-57-31-28-55)46(56)24-17-35-13-7-8-14-35)34-43(51-61-49(2,3)4)41-32-36(15-9-11-26-53)40(16-10-12-27-54)47(48(41)50)42-33-38(20-23-44(42)60-50)59-37-18-21-39(62-5)22-19-37/h6,18-23,32-33,35-36,40,45,47-48,53-55H,1,7-17,24-31,34H2,2-5H3. The van der Waals surface area contributed by atoms with Crippen molar-refractivity contribution in [3.8, 4) is 17.2 Å². The summed E-state index contributed by atoms with van der Waals surface area (Å²) in [6.45, 7) is 11.0. The molecule has 1 heterocycles. The van der Waals surface area contributed by atoms with E-state index in [1.54, 1.807) is 17.8 Å². The lowest BCUT2D eigenvalue weighted by molar-refractivity contribution is -0.258. The fourth-order valence-electron chi connectivity index (χ4n) is 10.2. The van der Waals surface area contributed by atoms with Gasteiger partial charge in [0, 0.05) is 49.0 Å². The Bertz CT molecular complexity index is 1810. The van der Waals surface area contributed by atoms with Gasteiger partial charge in [-0.2, -0.15) is 0 Å². The van der Waals surface area contributed by atoms with Gasteiger partial charge in [-0.1, -0.05) is 55.8 Å². The lowest BCUT2D eigenvalue weighted by atomic mass is 9.55. The van der Waals surface area contributed by atoms with Crippen LogP contribution < -0.4 is 9.47 Å². The molecule has 12 heteroatoms. The van der Waals surface area contributed by atoms with Crippen molar-refractivity contribution < 1.29 is 43.9 Å². The largest absolute Gasteiger partial charge is 0.459 e. The van der Waals surface area contributed by atoms with Gasteiger partial charge >= 0.3 is 0 Å². The van der Waals surface area contributed by atoms with Gasteiger partial charge in [-0.3, -0.25) is 4.79 Å². The highest BCUT2D eigenvalue weighted by atomic mass is 32.2. The molecule has 0 saturated heterocycles. The summed E-state index contributed by atoms with van der Waals surface area (Å²) < 4.78 is 27.0. The zero-order valence-corrected chi connectivity index (χ0v) is 38.4. The van der Waals surface area contributed by atoms with Crippen LogP contribution in [-0.4, -0.2) is 102 Å². The molecule has 0 radical (unpaired) electrons. The number of rotatable bonds is 24. The van der Waals surface area contributed by atoms with Crippen molar-refractivity contribution in [1.82, 2.24) is 4.90 Å². The molecule has 0 bridgehead atoms. The Morgan fingerprint density at radius 3 is 2.37 bits per heavy atom. The van der Waals surface area contributed by atoms with E-state index in [2.05, 4.69) is 37.1 Å². The lowest BCUT2D eigenvalue weighted by Gasteiger charge is -2.60. The number of nitrogens with zero attached hydrogens (tertiary/aromatic N) is 2. The number of allylic oxidation sites excluding steroid dienone is 1. The summed E-state index contributed by atoms with van der Waals surface area (Å²) in [5.74, 6) is 0.865. The molecule has 0 spiro atoms. The van der Waals surface area contributed by atoms with Crippen LogP contribution in [0.15, 0.2) is 76.8 Å². The Balaban J connectivity index is 1.56. The number of benzene rings is 2. The number of carbonyl (C=O) groups excluding carboxylic acids is 1. The van der Waals surface area contributed by atoms with E-state index in [9.17, 15) is 20.1 Å². The van der Waals surface area contributed by atoms with Gasteiger partial charge in [0.1, 0.15) is 28.9 Å². The number of ether oxygens (including phenoxy) is 4. The predicted octanol–water partition coefficient (Wildman–Crippen LogP) is 9.44. The number of hydrogen-bond donors (Lipinski definition) is 3. The number of hydrogen-bond acceptors (Lipinski definition) is 11. The number of aliphatic hydroxyl groups is 3. The van der Waals surface area contributed by atoms with E-state index in [1.165, 1.54) is 12.8 Å². The average molecular weight is 877 g/mol. The van der Waals surface area contributed by atoms with Crippen LogP contribution in [0.2, 0.25) is 0 Å². The fraction of sp³-hybridized carbons (Fsp3) is 0.640. The molecular formula is C50H72N2O9S. The minimum atomic E-state index is -1.36. The lowest BCUT2D eigenvalue weighted by Crippen LogP contribution is -2.70. The van der Waals surface area contributed by atoms with Gasteiger partial charge in [0.2, 0.25) is 11.7 Å². The summed E-state index contributed by atoms with van der Waals surface area (Å²) in [7, 11) is 0. The first-order valence-electron chi connectivity index (χ1n) is 23.1. The SMILES string of the molecule is C=CCOC12Oc3ccc(Oc4ccc(SC)cc4)cc3C3C(CCCCO)C(CCCCO)C=C(C(=NOC(C)(C)C)CC1N(CCOCCO)C(=O)CCC1CCCC1)C32. The normalized spacial score (nSPS) is 25.1. The molecule has 3 N–H and O–H groups in total. The van der Waals surface area contributed by atoms with E-state index in [-0.39, 0.29) is 69.8 Å². The molecule has 6 atom stereocenters. The van der Waals surface area contributed by atoms with Crippen LogP contribution in [0.5, 0.6) is 17.2 Å². The second kappa shape index (κ2) is 23.0. The molecule has 1 aliphatic heterocycles. The molecule has 2 aromatic rings. The van der Waals surface area contributed by atoms with Gasteiger partial charge in [0.05, 0.1) is 38.1 Å². The monoisotopic (exact) mass is 876 g/mol. The van der Waals surface area contributed by atoms with Crippen molar-refractivity contribution in [2.75, 3.05) is 52.4 Å². The van der Waals surface area contributed by atoms with Crippen LogP contribution in [0.25, 0.3) is 0 Å². The van der Waals surface area contributed by atoms with Crippen molar-refractivity contribution >= 4 is 23.4 Å². The molecule has 6 unspecified atom stereocenters. The van der Waals surface area contributed by atoms with Crippen LogP contribution in [0.4, 0.5) is 0 Å². The van der Waals surface area contributed by atoms with Crippen molar-refractivity contribution in [3.63, 3.8) is 0 Å². The van der Waals surface area contributed by atoms with Crippen LogP contribution in [0.1, 0.15) is 116 Å². The zero-order valence-electron chi connectivity index (χ0n) is 37.6. The highest BCUT2D eigenvalue weighted by Gasteiger charge is 2.65. The number of aliphatic hydroxyl groups excluding tert-OH is 3. The molecular weight excluding hydrogens is 805 g/mol. The van der Waals surface area contributed by atoms with Crippen LogP contribution in [-0.2, 0) is 19.1 Å². The predicted molar refractivity (Wildman–Crippen MR) is 245 cm³/mol. The third kappa shape index (κ3) is 11.8. The third-order valence-corrected chi connectivity index (χ3v) is 13.8. The second-order valence-corrected chi connectivity index (χ2v) is 19.2. The van der Waals surface area contributed by atoms with E-state index < -0.39 is 23.3 Å². The Kier molecular flexibility index (Phi) is 17.8.